The van der Waals surface area contributed by atoms with Crippen molar-refractivity contribution in [1.82, 2.24) is 15.5 Å². The molecular formula is C17H16ClN3O2S. The lowest BCUT2D eigenvalue weighted by Crippen LogP contribution is -2.26. The van der Waals surface area contributed by atoms with Gasteiger partial charge in [-0.3, -0.25) is 4.79 Å². The van der Waals surface area contributed by atoms with Gasteiger partial charge in [-0.25, -0.2) is 0 Å². The van der Waals surface area contributed by atoms with Gasteiger partial charge < -0.3 is 9.73 Å². The highest BCUT2D eigenvalue weighted by atomic mass is 35.5. The summed E-state index contributed by atoms with van der Waals surface area (Å²) in [6.07, 6.45) is 0.708. The van der Waals surface area contributed by atoms with Gasteiger partial charge in [-0.05, 0) is 36.1 Å². The Hall–Kier alpha value is -2.18. The molecule has 24 heavy (non-hydrogen) atoms. The fourth-order valence-electron chi connectivity index (χ4n) is 2.23. The largest absolute Gasteiger partial charge is 0.421 e. The molecule has 1 amide bonds. The van der Waals surface area contributed by atoms with E-state index in [-0.39, 0.29) is 11.9 Å². The predicted octanol–water partition coefficient (Wildman–Crippen LogP) is 4.26. The zero-order valence-electron chi connectivity index (χ0n) is 13.0. The molecule has 0 bridgehead atoms. The molecule has 3 rings (SSSR count). The molecule has 124 valence electrons. The molecule has 0 aliphatic carbocycles. The first-order valence-electron chi connectivity index (χ1n) is 7.51. The minimum Gasteiger partial charge on any atom is -0.421 e. The molecule has 0 radical (unpaired) electrons. The lowest BCUT2D eigenvalue weighted by Gasteiger charge is -2.14. The van der Waals surface area contributed by atoms with Gasteiger partial charge in [-0.2, -0.15) is 11.3 Å². The maximum atomic E-state index is 12.1. The number of aryl methyl sites for hydroxylation is 1. The molecule has 2 heterocycles. The molecule has 5 nitrogen and oxygen atoms in total. The maximum absolute atomic E-state index is 12.1. The standard InChI is InChI=1S/C17H16ClN3O2S/c1-11(12-2-4-14(18)5-3-12)19-15(22)6-7-16-20-21-17(23-16)13-8-9-24-10-13/h2-5,8-11H,6-7H2,1H3,(H,19,22). The number of carbonyl (C=O) groups excluding carboxylic acids is 1. The van der Waals surface area contributed by atoms with Crippen molar-refractivity contribution in [2.45, 2.75) is 25.8 Å². The first kappa shape index (κ1) is 16.7. The van der Waals surface area contributed by atoms with Crippen molar-refractivity contribution in [2.75, 3.05) is 0 Å². The van der Waals surface area contributed by atoms with Gasteiger partial charge in [0.15, 0.2) is 0 Å². The Morgan fingerprint density at radius 3 is 2.79 bits per heavy atom. The van der Waals surface area contributed by atoms with Crippen LogP contribution < -0.4 is 5.32 Å². The van der Waals surface area contributed by atoms with E-state index in [2.05, 4.69) is 15.5 Å². The van der Waals surface area contributed by atoms with Gasteiger partial charge >= 0.3 is 0 Å². The molecule has 0 saturated carbocycles. The fourth-order valence-corrected chi connectivity index (χ4v) is 2.98. The van der Waals surface area contributed by atoms with Crippen LogP contribution in [0.4, 0.5) is 0 Å². The number of hydrogen-bond acceptors (Lipinski definition) is 5. The summed E-state index contributed by atoms with van der Waals surface area (Å²) in [6.45, 7) is 1.93. The average Bonchev–Trinajstić information content (AvgIpc) is 3.25. The van der Waals surface area contributed by atoms with Crippen LogP contribution >= 0.6 is 22.9 Å². The third kappa shape index (κ3) is 4.21. The van der Waals surface area contributed by atoms with Crippen molar-refractivity contribution >= 4 is 28.8 Å². The van der Waals surface area contributed by atoms with Crippen molar-refractivity contribution < 1.29 is 9.21 Å². The minimum atomic E-state index is -0.0844. The van der Waals surface area contributed by atoms with E-state index >= 15 is 0 Å². The van der Waals surface area contributed by atoms with E-state index in [1.165, 1.54) is 0 Å². The van der Waals surface area contributed by atoms with Gasteiger partial charge in [0.25, 0.3) is 0 Å². The number of nitrogens with one attached hydrogen (secondary N) is 1. The second-order valence-electron chi connectivity index (χ2n) is 5.35. The van der Waals surface area contributed by atoms with Crippen LogP contribution in [0, 0.1) is 0 Å². The van der Waals surface area contributed by atoms with Gasteiger partial charge in [-0.1, -0.05) is 23.7 Å². The Labute approximate surface area is 148 Å². The third-order valence-electron chi connectivity index (χ3n) is 3.55. The summed E-state index contributed by atoms with van der Waals surface area (Å²) < 4.78 is 5.57. The van der Waals surface area contributed by atoms with Crippen molar-refractivity contribution in [3.8, 4) is 11.5 Å². The third-order valence-corrected chi connectivity index (χ3v) is 4.48. The summed E-state index contributed by atoms with van der Waals surface area (Å²) in [5.41, 5.74) is 1.91. The number of benzene rings is 1. The van der Waals surface area contributed by atoms with Crippen LogP contribution in [-0.2, 0) is 11.2 Å². The average molecular weight is 362 g/mol. The van der Waals surface area contributed by atoms with Crippen molar-refractivity contribution in [1.29, 1.82) is 0 Å². The lowest BCUT2D eigenvalue weighted by molar-refractivity contribution is -0.121. The van der Waals surface area contributed by atoms with Crippen LogP contribution in [0.2, 0.25) is 5.02 Å². The zero-order chi connectivity index (χ0) is 16.9. The molecule has 0 spiro atoms. The number of nitrogens with zero attached hydrogens (tertiary/aromatic N) is 2. The number of hydrogen-bond donors (Lipinski definition) is 1. The van der Waals surface area contributed by atoms with Crippen LogP contribution in [0.1, 0.15) is 30.8 Å². The van der Waals surface area contributed by atoms with Crippen molar-refractivity contribution in [3.05, 3.63) is 57.6 Å². The highest BCUT2D eigenvalue weighted by Gasteiger charge is 2.13. The van der Waals surface area contributed by atoms with E-state index in [9.17, 15) is 4.79 Å². The first-order chi connectivity index (χ1) is 11.6. The normalized spacial score (nSPS) is 12.1. The monoisotopic (exact) mass is 361 g/mol. The molecule has 1 atom stereocenters. The van der Waals surface area contributed by atoms with E-state index in [4.69, 9.17) is 16.0 Å². The van der Waals surface area contributed by atoms with Gasteiger partial charge in [0, 0.05) is 28.8 Å². The van der Waals surface area contributed by atoms with Gasteiger partial charge in [-0.15, -0.1) is 10.2 Å². The topological polar surface area (TPSA) is 68.0 Å². The van der Waals surface area contributed by atoms with E-state index in [1.54, 1.807) is 11.3 Å². The van der Waals surface area contributed by atoms with Crippen LogP contribution in [-0.4, -0.2) is 16.1 Å². The van der Waals surface area contributed by atoms with E-state index in [0.29, 0.717) is 29.6 Å². The highest BCUT2D eigenvalue weighted by molar-refractivity contribution is 7.08. The maximum Gasteiger partial charge on any atom is 0.248 e. The SMILES string of the molecule is CC(NC(=O)CCc1nnc(-c2ccsc2)o1)c1ccc(Cl)cc1. The summed E-state index contributed by atoms with van der Waals surface area (Å²) in [4.78, 5) is 12.1. The molecule has 3 aromatic rings. The summed E-state index contributed by atoms with van der Waals surface area (Å²) in [6, 6.07) is 9.26. The number of carbonyl (C=O) groups is 1. The highest BCUT2D eigenvalue weighted by Crippen LogP contribution is 2.21. The summed E-state index contributed by atoms with van der Waals surface area (Å²) in [7, 11) is 0. The second-order valence-corrected chi connectivity index (χ2v) is 6.57. The molecule has 2 aromatic heterocycles. The Kier molecular flexibility index (Phi) is 5.27. The number of amides is 1. The molecular weight excluding hydrogens is 346 g/mol. The molecule has 1 N–H and O–H groups in total. The predicted molar refractivity (Wildman–Crippen MR) is 93.9 cm³/mol. The molecule has 0 aliphatic heterocycles. The number of thiophene rings is 1. The fraction of sp³-hybridized carbons (Fsp3) is 0.235. The van der Waals surface area contributed by atoms with E-state index in [0.717, 1.165) is 11.1 Å². The van der Waals surface area contributed by atoms with Gasteiger partial charge in [0.1, 0.15) is 0 Å². The van der Waals surface area contributed by atoms with Crippen molar-refractivity contribution in [3.63, 3.8) is 0 Å². The molecule has 0 saturated heterocycles. The summed E-state index contributed by atoms with van der Waals surface area (Å²) in [5, 5.41) is 15.5. The van der Waals surface area contributed by atoms with E-state index in [1.807, 2.05) is 48.0 Å². The molecule has 1 aromatic carbocycles. The van der Waals surface area contributed by atoms with Gasteiger partial charge in [0.05, 0.1) is 6.04 Å². The molecule has 1 unspecified atom stereocenters. The number of aromatic nitrogens is 2. The Morgan fingerprint density at radius 1 is 1.29 bits per heavy atom. The van der Waals surface area contributed by atoms with Crippen LogP contribution in [0.3, 0.4) is 0 Å². The molecule has 0 fully saturated rings. The van der Waals surface area contributed by atoms with Gasteiger partial charge in [0.2, 0.25) is 17.7 Å². The Morgan fingerprint density at radius 2 is 2.08 bits per heavy atom. The van der Waals surface area contributed by atoms with Crippen molar-refractivity contribution in [2.24, 2.45) is 0 Å². The minimum absolute atomic E-state index is 0.0623. The summed E-state index contributed by atoms with van der Waals surface area (Å²) in [5.74, 6) is 0.888. The smallest absolute Gasteiger partial charge is 0.248 e. The number of halogens is 1. The summed E-state index contributed by atoms with van der Waals surface area (Å²) >= 11 is 7.44. The van der Waals surface area contributed by atoms with Crippen LogP contribution in [0.5, 0.6) is 0 Å². The quantitative estimate of drug-likeness (QED) is 0.712. The Bertz CT molecular complexity index is 800. The molecule has 0 aliphatic rings. The van der Waals surface area contributed by atoms with E-state index < -0.39 is 0 Å². The first-order valence-corrected chi connectivity index (χ1v) is 8.83. The number of rotatable bonds is 6. The lowest BCUT2D eigenvalue weighted by atomic mass is 10.1. The van der Waals surface area contributed by atoms with Crippen LogP contribution in [0.15, 0.2) is 45.5 Å². The molecule has 7 heteroatoms. The zero-order valence-corrected chi connectivity index (χ0v) is 14.6. The second kappa shape index (κ2) is 7.59. The van der Waals surface area contributed by atoms with Crippen LogP contribution in [0.25, 0.3) is 11.5 Å². The Balaban J connectivity index is 1.51.